The van der Waals surface area contributed by atoms with E-state index >= 15 is 0 Å². The summed E-state index contributed by atoms with van der Waals surface area (Å²) in [6.07, 6.45) is -4.01. The highest BCUT2D eigenvalue weighted by Gasteiger charge is 2.27. The summed E-state index contributed by atoms with van der Waals surface area (Å²) in [4.78, 5) is 13.9. The van der Waals surface area contributed by atoms with Crippen molar-refractivity contribution in [2.45, 2.75) is 12.6 Å². The van der Waals surface area contributed by atoms with E-state index in [9.17, 15) is 13.2 Å². The summed E-state index contributed by atoms with van der Waals surface area (Å²) in [6.45, 7) is -0.537. The molecule has 0 bridgehead atoms. The summed E-state index contributed by atoms with van der Waals surface area (Å²) < 4.78 is 40.7. The molecule has 0 aliphatic carbocycles. The Kier molecular flexibility index (Phi) is 3.05. The SMILES string of the molecule is FC(F)(F)CCOc1nc(Cl)nc2nc[nH]c12. The Morgan fingerprint density at radius 3 is 2.82 bits per heavy atom. The van der Waals surface area contributed by atoms with Crippen LogP contribution >= 0.6 is 11.6 Å². The minimum atomic E-state index is -4.27. The average Bonchev–Trinajstić information content (AvgIpc) is 2.63. The van der Waals surface area contributed by atoms with Gasteiger partial charge < -0.3 is 9.72 Å². The lowest BCUT2D eigenvalue weighted by Crippen LogP contribution is -2.13. The molecule has 1 N–H and O–H groups in total. The fourth-order valence-electron chi connectivity index (χ4n) is 1.15. The van der Waals surface area contributed by atoms with E-state index in [1.807, 2.05) is 0 Å². The quantitative estimate of drug-likeness (QED) is 0.866. The van der Waals surface area contributed by atoms with Gasteiger partial charge in [-0.3, -0.25) is 0 Å². The Morgan fingerprint density at radius 2 is 2.12 bits per heavy atom. The van der Waals surface area contributed by atoms with Crippen molar-refractivity contribution in [2.24, 2.45) is 0 Å². The van der Waals surface area contributed by atoms with E-state index < -0.39 is 19.2 Å². The van der Waals surface area contributed by atoms with Crippen LogP contribution < -0.4 is 4.74 Å². The smallest absolute Gasteiger partial charge is 0.392 e. The van der Waals surface area contributed by atoms with E-state index in [-0.39, 0.29) is 16.8 Å². The first-order chi connectivity index (χ1) is 7.96. The van der Waals surface area contributed by atoms with E-state index in [0.717, 1.165) is 0 Å². The van der Waals surface area contributed by atoms with Crippen LogP contribution in [0.15, 0.2) is 6.33 Å². The first kappa shape index (κ1) is 11.9. The van der Waals surface area contributed by atoms with Gasteiger partial charge in [-0.15, -0.1) is 0 Å². The number of nitrogens with one attached hydrogen (secondary N) is 1. The van der Waals surface area contributed by atoms with Crippen LogP contribution in [0.5, 0.6) is 5.88 Å². The van der Waals surface area contributed by atoms with Gasteiger partial charge >= 0.3 is 6.18 Å². The van der Waals surface area contributed by atoms with E-state index in [1.165, 1.54) is 6.33 Å². The number of nitrogens with zero attached hydrogens (tertiary/aromatic N) is 3. The summed E-state index contributed by atoms with van der Waals surface area (Å²) in [5.41, 5.74) is 0.559. The maximum atomic E-state index is 11.9. The van der Waals surface area contributed by atoms with Crippen LogP contribution in [0.1, 0.15) is 6.42 Å². The second-order valence-electron chi connectivity index (χ2n) is 3.11. The Morgan fingerprint density at radius 1 is 1.35 bits per heavy atom. The van der Waals surface area contributed by atoms with Gasteiger partial charge in [0.2, 0.25) is 11.2 Å². The Bertz CT molecular complexity index is 527. The van der Waals surface area contributed by atoms with Crippen LogP contribution in [0.25, 0.3) is 11.2 Å². The summed E-state index contributed by atoms with van der Waals surface area (Å²) in [6, 6.07) is 0. The van der Waals surface area contributed by atoms with Gasteiger partial charge in [0, 0.05) is 0 Å². The number of aromatic amines is 1. The third kappa shape index (κ3) is 2.96. The molecule has 0 amide bonds. The maximum absolute atomic E-state index is 11.9. The predicted molar refractivity (Wildman–Crippen MR) is 52.9 cm³/mol. The standard InChI is InChI=1S/C8H6ClF3N4O/c9-7-15-5-4(13-3-14-5)6(16-7)17-2-1-8(10,11)12/h3H,1-2H2,(H,13,14,15,16). The van der Waals surface area contributed by atoms with Crippen LogP contribution in [0.2, 0.25) is 5.28 Å². The largest absolute Gasteiger partial charge is 0.476 e. The van der Waals surface area contributed by atoms with Gasteiger partial charge in [-0.25, -0.2) is 4.98 Å². The minimum absolute atomic E-state index is 0.0400. The Hall–Kier alpha value is -1.57. The van der Waals surface area contributed by atoms with Gasteiger partial charge in [-0.1, -0.05) is 0 Å². The summed E-state index contributed by atoms with van der Waals surface area (Å²) >= 11 is 5.57. The fourth-order valence-corrected chi connectivity index (χ4v) is 1.31. The number of alkyl halides is 3. The number of hydrogen-bond donors (Lipinski definition) is 1. The topological polar surface area (TPSA) is 63.7 Å². The van der Waals surface area contributed by atoms with Gasteiger partial charge in [0.25, 0.3) is 0 Å². The molecular weight excluding hydrogens is 261 g/mol. The molecule has 9 heteroatoms. The molecule has 0 spiro atoms. The average molecular weight is 267 g/mol. The molecule has 0 aliphatic rings. The lowest BCUT2D eigenvalue weighted by Gasteiger charge is -2.08. The van der Waals surface area contributed by atoms with Gasteiger partial charge in [0.1, 0.15) is 5.52 Å². The fraction of sp³-hybridized carbons (Fsp3) is 0.375. The van der Waals surface area contributed by atoms with Gasteiger partial charge in [0.15, 0.2) is 5.65 Å². The molecule has 92 valence electrons. The molecule has 0 unspecified atom stereocenters. The maximum Gasteiger partial charge on any atom is 0.392 e. The van der Waals surface area contributed by atoms with Crippen molar-refractivity contribution in [3.8, 4) is 5.88 Å². The van der Waals surface area contributed by atoms with E-state index in [4.69, 9.17) is 16.3 Å². The second-order valence-corrected chi connectivity index (χ2v) is 3.45. The summed E-state index contributed by atoms with van der Waals surface area (Å²) in [7, 11) is 0. The van der Waals surface area contributed by atoms with Gasteiger partial charge in [-0.05, 0) is 11.6 Å². The first-order valence-electron chi connectivity index (χ1n) is 4.52. The zero-order valence-corrected chi connectivity index (χ0v) is 9.01. The van der Waals surface area contributed by atoms with Crippen molar-refractivity contribution in [1.29, 1.82) is 0 Å². The normalized spacial score (nSPS) is 12.0. The van der Waals surface area contributed by atoms with Crippen molar-refractivity contribution in [2.75, 3.05) is 6.61 Å². The molecule has 0 saturated carbocycles. The number of halogens is 4. The van der Waals surface area contributed by atoms with Crippen molar-refractivity contribution >= 4 is 22.8 Å². The molecule has 0 radical (unpaired) electrons. The third-order valence-corrected chi connectivity index (χ3v) is 2.02. The highest BCUT2D eigenvalue weighted by atomic mass is 35.5. The number of hydrogen-bond acceptors (Lipinski definition) is 4. The lowest BCUT2D eigenvalue weighted by atomic mass is 10.4. The number of fused-ring (bicyclic) bond motifs is 1. The predicted octanol–water partition coefficient (Wildman–Crippen LogP) is 2.34. The molecule has 2 heterocycles. The minimum Gasteiger partial charge on any atom is -0.476 e. The number of H-pyrrole nitrogens is 1. The monoisotopic (exact) mass is 266 g/mol. The number of rotatable bonds is 3. The Labute approximate surface area is 98.0 Å². The zero-order valence-electron chi connectivity index (χ0n) is 8.25. The van der Waals surface area contributed by atoms with E-state index in [2.05, 4.69) is 19.9 Å². The van der Waals surface area contributed by atoms with Crippen molar-refractivity contribution in [3.05, 3.63) is 11.6 Å². The Balaban J connectivity index is 2.15. The highest BCUT2D eigenvalue weighted by Crippen LogP contribution is 2.23. The molecule has 2 aromatic rings. The number of aromatic nitrogens is 4. The molecule has 0 aliphatic heterocycles. The van der Waals surface area contributed by atoms with Crippen LogP contribution in [0.4, 0.5) is 13.2 Å². The summed E-state index contributed by atoms with van der Waals surface area (Å²) in [5, 5.41) is -0.133. The van der Waals surface area contributed by atoms with Crippen molar-refractivity contribution in [3.63, 3.8) is 0 Å². The second kappa shape index (κ2) is 4.36. The number of ether oxygens (including phenoxy) is 1. The van der Waals surface area contributed by atoms with Gasteiger partial charge in [-0.2, -0.15) is 23.1 Å². The van der Waals surface area contributed by atoms with Crippen LogP contribution in [-0.2, 0) is 0 Å². The molecule has 5 nitrogen and oxygen atoms in total. The van der Waals surface area contributed by atoms with Crippen molar-refractivity contribution < 1.29 is 17.9 Å². The highest BCUT2D eigenvalue weighted by molar-refractivity contribution is 6.28. The summed E-state index contributed by atoms with van der Waals surface area (Å²) in [5.74, 6) is -0.0400. The molecule has 2 rings (SSSR count). The molecular formula is C8H6ClF3N4O. The van der Waals surface area contributed by atoms with Crippen molar-refractivity contribution in [1.82, 2.24) is 19.9 Å². The lowest BCUT2D eigenvalue weighted by molar-refractivity contribution is -0.139. The molecule has 0 atom stereocenters. The number of imidazole rings is 1. The molecule has 0 saturated heterocycles. The third-order valence-electron chi connectivity index (χ3n) is 1.85. The molecule has 0 aromatic carbocycles. The molecule has 0 fully saturated rings. The van der Waals surface area contributed by atoms with Gasteiger partial charge in [0.05, 0.1) is 19.4 Å². The molecule has 17 heavy (non-hydrogen) atoms. The van der Waals surface area contributed by atoms with Crippen LogP contribution in [-0.4, -0.2) is 32.7 Å². The van der Waals surface area contributed by atoms with Crippen LogP contribution in [0.3, 0.4) is 0 Å². The first-order valence-corrected chi connectivity index (χ1v) is 4.90. The zero-order chi connectivity index (χ0) is 12.5. The van der Waals surface area contributed by atoms with E-state index in [1.54, 1.807) is 0 Å². The molecule has 2 aromatic heterocycles. The van der Waals surface area contributed by atoms with Crippen LogP contribution in [0, 0.1) is 0 Å². The van der Waals surface area contributed by atoms with E-state index in [0.29, 0.717) is 5.52 Å².